The van der Waals surface area contributed by atoms with Crippen molar-refractivity contribution in [2.75, 3.05) is 26.4 Å². The summed E-state index contributed by atoms with van der Waals surface area (Å²) in [6, 6.07) is 4.00. The van der Waals surface area contributed by atoms with Gasteiger partial charge in [-0.1, -0.05) is 0 Å². The Hall–Kier alpha value is -1.04. The zero-order chi connectivity index (χ0) is 14.6. The molecule has 2 aromatic heterocycles. The van der Waals surface area contributed by atoms with E-state index in [1.54, 1.807) is 22.7 Å². The van der Waals surface area contributed by atoms with E-state index in [9.17, 15) is 0 Å². The highest BCUT2D eigenvalue weighted by Crippen LogP contribution is 2.15. The fraction of sp³-hybridized carbons (Fsp3) is 0.500. The minimum absolute atomic E-state index is 0.772. The van der Waals surface area contributed by atoms with Crippen LogP contribution in [0.15, 0.2) is 33.7 Å². The molecule has 0 aromatic carbocycles. The molecular formula is C16H22O3S2. The summed E-state index contributed by atoms with van der Waals surface area (Å²) in [7, 11) is 0. The van der Waals surface area contributed by atoms with E-state index in [0.29, 0.717) is 0 Å². The molecule has 2 aromatic rings. The SMILES string of the molecule is c1cc(OCCCCOCCCCOc2ccsc2)cs1. The van der Waals surface area contributed by atoms with Crippen LogP contribution in [0.1, 0.15) is 25.7 Å². The summed E-state index contributed by atoms with van der Waals surface area (Å²) in [5.74, 6) is 1.96. The van der Waals surface area contributed by atoms with E-state index in [1.165, 1.54) is 0 Å². The molecule has 0 unspecified atom stereocenters. The van der Waals surface area contributed by atoms with Gasteiger partial charge in [-0.3, -0.25) is 0 Å². The summed E-state index contributed by atoms with van der Waals surface area (Å²) in [6.45, 7) is 3.18. The van der Waals surface area contributed by atoms with Crippen molar-refractivity contribution in [3.63, 3.8) is 0 Å². The molecule has 2 rings (SSSR count). The molecule has 21 heavy (non-hydrogen) atoms. The van der Waals surface area contributed by atoms with E-state index in [1.807, 2.05) is 33.7 Å². The lowest BCUT2D eigenvalue weighted by atomic mass is 10.3. The summed E-state index contributed by atoms with van der Waals surface area (Å²) < 4.78 is 16.8. The number of hydrogen-bond acceptors (Lipinski definition) is 5. The molecule has 0 bridgehead atoms. The third kappa shape index (κ3) is 7.50. The first kappa shape index (κ1) is 16.3. The number of unbranched alkanes of at least 4 members (excludes halogenated alkanes) is 2. The second-order valence-corrected chi connectivity index (χ2v) is 6.20. The molecule has 0 aliphatic rings. The molecule has 0 aliphatic carbocycles. The van der Waals surface area contributed by atoms with E-state index in [2.05, 4.69) is 0 Å². The molecule has 0 spiro atoms. The fourth-order valence-corrected chi connectivity index (χ4v) is 2.91. The van der Waals surface area contributed by atoms with Crippen molar-refractivity contribution in [3.8, 4) is 11.5 Å². The highest BCUT2D eigenvalue weighted by atomic mass is 32.1. The predicted molar refractivity (Wildman–Crippen MR) is 88.9 cm³/mol. The van der Waals surface area contributed by atoms with Crippen molar-refractivity contribution in [1.82, 2.24) is 0 Å². The average Bonchev–Trinajstić information content (AvgIpc) is 3.18. The third-order valence-electron chi connectivity index (χ3n) is 2.89. The molecular weight excluding hydrogens is 304 g/mol. The van der Waals surface area contributed by atoms with E-state index in [4.69, 9.17) is 14.2 Å². The quantitative estimate of drug-likeness (QED) is 0.522. The van der Waals surface area contributed by atoms with Gasteiger partial charge in [0.2, 0.25) is 0 Å². The van der Waals surface area contributed by atoms with Crippen LogP contribution >= 0.6 is 22.7 Å². The van der Waals surface area contributed by atoms with Gasteiger partial charge in [-0.05, 0) is 48.6 Å². The van der Waals surface area contributed by atoms with Crippen LogP contribution in [0, 0.1) is 0 Å². The molecule has 0 radical (unpaired) electrons. The van der Waals surface area contributed by atoms with Crippen LogP contribution in [0.2, 0.25) is 0 Å². The number of ether oxygens (including phenoxy) is 3. The zero-order valence-electron chi connectivity index (χ0n) is 12.2. The zero-order valence-corrected chi connectivity index (χ0v) is 13.8. The molecule has 2 heterocycles. The second-order valence-electron chi connectivity index (χ2n) is 4.64. The summed E-state index contributed by atoms with van der Waals surface area (Å²) in [6.07, 6.45) is 4.18. The molecule has 0 fully saturated rings. The molecule has 0 saturated heterocycles. The van der Waals surface area contributed by atoms with E-state index in [0.717, 1.165) is 63.6 Å². The third-order valence-corrected chi connectivity index (χ3v) is 4.22. The fourth-order valence-electron chi connectivity index (χ4n) is 1.76. The van der Waals surface area contributed by atoms with Crippen molar-refractivity contribution in [1.29, 1.82) is 0 Å². The van der Waals surface area contributed by atoms with E-state index >= 15 is 0 Å². The molecule has 0 atom stereocenters. The number of rotatable bonds is 12. The van der Waals surface area contributed by atoms with Crippen LogP contribution in [-0.2, 0) is 4.74 Å². The Balaban J connectivity index is 1.31. The van der Waals surface area contributed by atoms with Crippen LogP contribution in [-0.4, -0.2) is 26.4 Å². The van der Waals surface area contributed by atoms with Crippen molar-refractivity contribution in [2.45, 2.75) is 25.7 Å². The largest absolute Gasteiger partial charge is 0.493 e. The molecule has 0 saturated carbocycles. The van der Waals surface area contributed by atoms with Crippen molar-refractivity contribution in [3.05, 3.63) is 33.7 Å². The summed E-state index contributed by atoms with van der Waals surface area (Å²) in [5, 5.41) is 8.10. The van der Waals surface area contributed by atoms with Crippen molar-refractivity contribution in [2.24, 2.45) is 0 Å². The van der Waals surface area contributed by atoms with Gasteiger partial charge >= 0.3 is 0 Å². The first-order valence-electron chi connectivity index (χ1n) is 7.33. The van der Waals surface area contributed by atoms with Gasteiger partial charge in [0.1, 0.15) is 11.5 Å². The Morgan fingerprint density at radius 3 is 1.57 bits per heavy atom. The van der Waals surface area contributed by atoms with Gasteiger partial charge in [0.25, 0.3) is 0 Å². The van der Waals surface area contributed by atoms with E-state index < -0.39 is 0 Å². The lowest BCUT2D eigenvalue weighted by Crippen LogP contribution is -2.03. The van der Waals surface area contributed by atoms with Crippen LogP contribution in [0.25, 0.3) is 0 Å². The normalized spacial score (nSPS) is 10.7. The number of hydrogen-bond donors (Lipinski definition) is 0. The first-order valence-corrected chi connectivity index (χ1v) is 9.21. The van der Waals surface area contributed by atoms with Gasteiger partial charge in [0.15, 0.2) is 0 Å². The Kier molecular flexibility index (Phi) is 8.29. The van der Waals surface area contributed by atoms with Gasteiger partial charge in [-0.15, -0.1) is 22.7 Å². The maximum atomic E-state index is 5.60. The summed E-state index contributed by atoms with van der Waals surface area (Å²) >= 11 is 3.32. The average molecular weight is 326 g/mol. The van der Waals surface area contributed by atoms with Crippen LogP contribution in [0.5, 0.6) is 11.5 Å². The lowest BCUT2D eigenvalue weighted by molar-refractivity contribution is 0.119. The Labute approximate surface area is 134 Å². The van der Waals surface area contributed by atoms with E-state index in [-0.39, 0.29) is 0 Å². The Bertz CT molecular complexity index is 398. The molecule has 5 heteroatoms. The minimum Gasteiger partial charge on any atom is -0.493 e. The van der Waals surface area contributed by atoms with Gasteiger partial charge in [-0.2, -0.15) is 0 Å². The Morgan fingerprint density at radius 1 is 0.667 bits per heavy atom. The molecule has 0 N–H and O–H groups in total. The predicted octanol–water partition coefficient (Wildman–Crippen LogP) is 4.84. The summed E-state index contributed by atoms with van der Waals surface area (Å²) in [4.78, 5) is 0. The maximum Gasteiger partial charge on any atom is 0.129 e. The summed E-state index contributed by atoms with van der Waals surface area (Å²) in [5.41, 5.74) is 0. The number of thiophene rings is 2. The van der Waals surface area contributed by atoms with Crippen LogP contribution in [0.3, 0.4) is 0 Å². The van der Waals surface area contributed by atoms with Gasteiger partial charge in [-0.25, -0.2) is 0 Å². The Morgan fingerprint density at radius 2 is 1.14 bits per heavy atom. The molecule has 116 valence electrons. The minimum atomic E-state index is 0.772. The second kappa shape index (κ2) is 10.7. The topological polar surface area (TPSA) is 27.7 Å². The van der Waals surface area contributed by atoms with Crippen LogP contribution in [0.4, 0.5) is 0 Å². The highest BCUT2D eigenvalue weighted by molar-refractivity contribution is 7.08. The first-order chi connectivity index (χ1) is 10.4. The molecule has 0 amide bonds. The standard InChI is InChI=1S/C16H22O3S2/c1(3-9-18-15-5-11-20-13-15)7-17-8-2-4-10-19-16-6-12-21-14-16/h5-6,11-14H,1-4,7-10H2. The molecule has 3 nitrogen and oxygen atoms in total. The van der Waals surface area contributed by atoms with Crippen LogP contribution < -0.4 is 9.47 Å². The smallest absolute Gasteiger partial charge is 0.129 e. The highest BCUT2D eigenvalue weighted by Gasteiger charge is 1.96. The molecule has 0 aliphatic heterocycles. The van der Waals surface area contributed by atoms with Gasteiger partial charge < -0.3 is 14.2 Å². The maximum absolute atomic E-state index is 5.60. The monoisotopic (exact) mass is 326 g/mol. The lowest BCUT2D eigenvalue weighted by Gasteiger charge is -2.06. The van der Waals surface area contributed by atoms with Gasteiger partial charge in [0.05, 0.1) is 13.2 Å². The van der Waals surface area contributed by atoms with Gasteiger partial charge in [0, 0.05) is 24.0 Å². The van der Waals surface area contributed by atoms with Crippen molar-refractivity contribution < 1.29 is 14.2 Å². The van der Waals surface area contributed by atoms with Crippen molar-refractivity contribution >= 4 is 22.7 Å².